The minimum Gasteiger partial charge on any atom is -0.406 e. The molecule has 0 bridgehead atoms. The Labute approximate surface area is 231 Å². The van der Waals surface area contributed by atoms with Crippen molar-refractivity contribution in [2.45, 2.75) is 63.0 Å². The molecule has 4 N–H and O–H groups in total. The lowest BCUT2D eigenvalue weighted by Crippen LogP contribution is -2.54. The van der Waals surface area contributed by atoms with Crippen LogP contribution in [0.5, 0.6) is 5.75 Å². The second-order valence-electron chi connectivity index (χ2n) is 10.5. The zero-order valence-electron chi connectivity index (χ0n) is 22.2. The smallest absolute Gasteiger partial charge is 0.406 e. The van der Waals surface area contributed by atoms with Gasteiger partial charge in [-0.25, -0.2) is 4.98 Å². The van der Waals surface area contributed by atoms with Gasteiger partial charge in [0, 0.05) is 48.7 Å². The third-order valence-corrected chi connectivity index (χ3v) is 7.65. The molecule has 1 saturated carbocycles. The van der Waals surface area contributed by atoms with E-state index in [0.717, 1.165) is 74.2 Å². The van der Waals surface area contributed by atoms with Crippen molar-refractivity contribution in [1.29, 1.82) is 0 Å². The van der Waals surface area contributed by atoms with Crippen molar-refractivity contribution in [2.75, 3.05) is 23.3 Å². The van der Waals surface area contributed by atoms with Crippen molar-refractivity contribution in [2.24, 2.45) is 5.73 Å². The van der Waals surface area contributed by atoms with E-state index in [0.29, 0.717) is 5.56 Å². The lowest BCUT2D eigenvalue weighted by Gasteiger charge is -2.40. The maximum absolute atomic E-state index is 12.5. The molecular weight excluding hydrogens is 519 g/mol. The number of aromatic nitrogens is 1. The number of ether oxygens (including phenoxy) is 1. The van der Waals surface area contributed by atoms with Crippen molar-refractivity contribution in [1.82, 2.24) is 10.3 Å². The summed E-state index contributed by atoms with van der Waals surface area (Å²) in [5.74, 6) is 0.114. The first-order valence-corrected chi connectivity index (χ1v) is 13.7. The van der Waals surface area contributed by atoms with Gasteiger partial charge in [0.25, 0.3) is 0 Å². The molecule has 2 heterocycles. The third kappa shape index (κ3) is 7.24. The van der Waals surface area contributed by atoms with Crippen LogP contribution in [0.25, 0.3) is 11.1 Å². The first-order chi connectivity index (χ1) is 19.2. The number of alkyl halides is 3. The van der Waals surface area contributed by atoms with Crippen LogP contribution < -0.4 is 26.0 Å². The molecule has 2 aromatic carbocycles. The van der Waals surface area contributed by atoms with E-state index in [1.807, 2.05) is 24.3 Å². The highest BCUT2D eigenvalue weighted by atomic mass is 19.4. The van der Waals surface area contributed by atoms with Crippen LogP contribution >= 0.6 is 0 Å². The topological polar surface area (TPSA) is 92.5 Å². The maximum atomic E-state index is 12.5. The minimum atomic E-state index is -4.70. The average Bonchev–Trinajstić information content (AvgIpc) is 2.94. The van der Waals surface area contributed by atoms with Crippen LogP contribution in [0.1, 0.15) is 48.9 Å². The van der Waals surface area contributed by atoms with Gasteiger partial charge in [0.1, 0.15) is 11.6 Å². The fourth-order valence-electron chi connectivity index (χ4n) is 5.74. The van der Waals surface area contributed by atoms with Crippen LogP contribution in [0, 0.1) is 0 Å². The summed E-state index contributed by atoms with van der Waals surface area (Å²) >= 11 is 0. The molecule has 1 aliphatic carbocycles. The predicted molar refractivity (Wildman–Crippen MR) is 149 cm³/mol. The number of primary amides is 1. The summed E-state index contributed by atoms with van der Waals surface area (Å²) in [6, 6.07) is 18.0. The van der Waals surface area contributed by atoms with Gasteiger partial charge in [-0.15, -0.1) is 13.2 Å². The van der Waals surface area contributed by atoms with Gasteiger partial charge < -0.3 is 26.0 Å². The van der Waals surface area contributed by atoms with Crippen molar-refractivity contribution in [3.05, 3.63) is 72.4 Å². The molecule has 212 valence electrons. The first kappa shape index (κ1) is 27.8. The Morgan fingerprint density at radius 3 is 2.45 bits per heavy atom. The summed E-state index contributed by atoms with van der Waals surface area (Å²) in [6.45, 7) is 1.64. The summed E-state index contributed by atoms with van der Waals surface area (Å²) in [5, 5.41) is 7.53. The van der Waals surface area contributed by atoms with Gasteiger partial charge in [0.05, 0.1) is 0 Å². The molecule has 1 amide bonds. The number of amides is 1. The highest BCUT2D eigenvalue weighted by Gasteiger charge is 2.32. The number of hydrogen-bond acceptors (Lipinski definition) is 6. The summed E-state index contributed by atoms with van der Waals surface area (Å²) in [5.41, 5.74) is 8.67. The average molecular weight is 554 g/mol. The number of anilines is 2. The van der Waals surface area contributed by atoms with Gasteiger partial charge in [0.15, 0.2) is 0 Å². The largest absolute Gasteiger partial charge is 0.573 e. The van der Waals surface area contributed by atoms with E-state index in [2.05, 4.69) is 25.3 Å². The zero-order valence-corrected chi connectivity index (χ0v) is 22.2. The first-order valence-electron chi connectivity index (χ1n) is 13.7. The monoisotopic (exact) mass is 553 g/mol. The van der Waals surface area contributed by atoms with E-state index in [-0.39, 0.29) is 23.9 Å². The molecule has 7 nitrogen and oxygen atoms in total. The van der Waals surface area contributed by atoms with E-state index < -0.39 is 12.3 Å². The van der Waals surface area contributed by atoms with Gasteiger partial charge in [-0.1, -0.05) is 25.0 Å². The number of rotatable bonds is 8. The van der Waals surface area contributed by atoms with Crippen LogP contribution in [0.3, 0.4) is 0 Å². The van der Waals surface area contributed by atoms with Crippen LogP contribution in [-0.2, 0) is 0 Å². The van der Waals surface area contributed by atoms with Crippen molar-refractivity contribution in [3.63, 3.8) is 0 Å². The molecular formula is C30H34F3N5O2. The number of pyridine rings is 1. The van der Waals surface area contributed by atoms with Crippen molar-refractivity contribution in [3.8, 4) is 16.9 Å². The van der Waals surface area contributed by atoms with Crippen LogP contribution in [0.2, 0.25) is 0 Å². The zero-order chi connectivity index (χ0) is 28.1. The second kappa shape index (κ2) is 12.2. The lowest BCUT2D eigenvalue weighted by molar-refractivity contribution is -0.274. The van der Waals surface area contributed by atoms with E-state index in [1.165, 1.54) is 12.1 Å². The van der Waals surface area contributed by atoms with Gasteiger partial charge >= 0.3 is 6.36 Å². The summed E-state index contributed by atoms with van der Waals surface area (Å²) in [4.78, 5) is 18.4. The van der Waals surface area contributed by atoms with Crippen LogP contribution in [0.15, 0.2) is 66.9 Å². The molecule has 2 aliphatic rings. The third-order valence-electron chi connectivity index (χ3n) is 7.65. The second-order valence-corrected chi connectivity index (χ2v) is 10.5. The fourth-order valence-corrected chi connectivity index (χ4v) is 5.74. The summed E-state index contributed by atoms with van der Waals surface area (Å²) < 4.78 is 41.6. The molecule has 0 spiro atoms. The molecule has 3 aromatic rings. The normalized spacial score (nSPS) is 21.6. The van der Waals surface area contributed by atoms with E-state index >= 15 is 0 Å². The Morgan fingerprint density at radius 2 is 1.70 bits per heavy atom. The summed E-state index contributed by atoms with van der Waals surface area (Å²) in [6.07, 6.45) is 3.48. The molecule has 5 rings (SSSR count). The Bertz CT molecular complexity index is 1300. The van der Waals surface area contributed by atoms with E-state index in [9.17, 15) is 18.0 Å². The van der Waals surface area contributed by atoms with Crippen molar-refractivity contribution < 1.29 is 22.7 Å². The molecule has 3 atom stereocenters. The number of benzene rings is 2. The Morgan fingerprint density at radius 1 is 0.950 bits per heavy atom. The minimum absolute atomic E-state index is 0.211. The molecule has 3 unspecified atom stereocenters. The fraction of sp³-hybridized carbons (Fsp3) is 0.400. The van der Waals surface area contributed by atoms with E-state index in [1.54, 1.807) is 30.5 Å². The van der Waals surface area contributed by atoms with Gasteiger partial charge in [-0.3, -0.25) is 4.79 Å². The number of halogens is 3. The highest BCUT2D eigenvalue weighted by Crippen LogP contribution is 2.29. The van der Waals surface area contributed by atoms with Crippen LogP contribution in [0.4, 0.5) is 24.7 Å². The molecule has 1 saturated heterocycles. The number of carbonyl (C=O) groups excluding carboxylic acids is 1. The number of piperidine rings is 1. The molecule has 1 aromatic heterocycles. The molecule has 2 fully saturated rings. The Kier molecular flexibility index (Phi) is 8.44. The predicted octanol–water partition coefficient (Wildman–Crippen LogP) is 5.73. The molecule has 1 aliphatic heterocycles. The number of hydrogen-bond donors (Lipinski definition) is 3. The lowest BCUT2D eigenvalue weighted by atomic mass is 9.89. The van der Waals surface area contributed by atoms with E-state index in [4.69, 9.17) is 5.73 Å². The highest BCUT2D eigenvalue weighted by molar-refractivity contribution is 5.94. The number of nitrogens with zero attached hydrogens (tertiary/aromatic N) is 2. The summed E-state index contributed by atoms with van der Waals surface area (Å²) in [7, 11) is 0. The quantitative estimate of drug-likeness (QED) is 0.330. The van der Waals surface area contributed by atoms with Gasteiger partial charge in [-0.05, 0) is 85.3 Å². The molecule has 40 heavy (non-hydrogen) atoms. The molecule has 10 heteroatoms. The number of nitrogens with two attached hydrogens (primary N) is 1. The SMILES string of the molecule is NC(=O)c1cccc(-c2ccnc(NC3CCCCC3NC3CCCN(c4ccc(OC(F)(F)F)cc4)C3)c2)c1. The molecule has 0 radical (unpaired) electrons. The number of carbonyl (C=O) groups is 1. The van der Waals surface area contributed by atoms with Gasteiger partial charge in [0.2, 0.25) is 5.91 Å². The Hall–Kier alpha value is -3.79. The van der Waals surface area contributed by atoms with Gasteiger partial charge in [-0.2, -0.15) is 0 Å². The number of nitrogens with one attached hydrogen (secondary N) is 2. The standard InChI is InChI=1S/C30H34F3N5O2/c31-30(32,33)40-25-12-10-24(11-13-25)38-16-4-7-23(19-38)36-26-8-1-2-9-27(26)37-28-18-21(14-15-35-28)20-5-3-6-22(17-20)29(34)39/h3,5-6,10-15,17-18,23,26-27,36H,1-2,4,7-9,16,19H2,(H2,34,39)(H,35,37). The maximum Gasteiger partial charge on any atom is 0.573 e. The van der Waals surface area contributed by atoms with Crippen molar-refractivity contribution >= 4 is 17.4 Å². The Balaban J connectivity index is 1.22. The van der Waals surface area contributed by atoms with Crippen LogP contribution in [-0.4, -0.2) is 48.5 Å².